The average molecular weight is 474 g/mol. The topological polar surface area (TPSA) is 59.8 Å². The Bertz CT molecular complexity index is 943. The van der Waals surface area contributed by atoms with Crippen LogP contribution < -0.4 is 5.32 Å². The molecule has 1 fully saturated rings. The van der Waals surface area contributed by atoms with E-state index in [0.29, 0.717) is 17.9 Å². The number of thiazole rings is 1. The van der Waals surface area contributed by atoms with Crippen molar-refractivity contribution in [3.63, 3.8) is 0 Å². The molecule has 0 radical (unpaired) electrons. The molecule has 4 rings (SSSR count). The van der Waals surface area contributed by atoms with E-state index in [-0.39, 0.29) is 5.91 Å². The smallest absolute Gasteiger partial charge is 0.232 e. The van der Waals surface area contributed by atoms with Crippen molar-refractivity contribution in [2.24, 2.45) is 5.92 Å². The predicted molar refractivity (Wildman–Crippen MR) is 105 cm³/mol. The SMILES string of the molecule is Cc1cn(PI)nc1-c1ccc2nc(NC(=O)[C@@H]3C[C@@H]3F)sc2c1. The van der Waals surface area contributed by atoms with Gasteiger partial charge in [0, 0.05) is 11.8 Å². The summed E-state index contributed by atoms with van der Waals surface area (Å²) in [5.41, 5.74) is 3.93. The van der Waals surface area contributed by atoms with Crippen LogP contribution in [0.4, 0.5) is 9.52 Å². The first-order chi connectivity index (χ1) is 11.5. The van der Waals surface area contributed by atoms with E-state index in [1.54, 1.807) is 0 Å². The second kappa shape index (κ2) is 6.31. The zero-order chi connectivity index (χ0) is 16.8. The molecule has 124 valence electrons. The van der Waals surface area contributed by atoms with Crippen LogP contribution in [0.15, 0.2) is 24.4 Å². The average Bonchev–Trinajstić information content (AvgIpc) is 2.99. The van der Waals surface area contributed by atoms with Crippen molar-refractivity contribution >= 4 is 61.0 Å². The number of amides is 1. The zero-order valence-electron chi connectivity index (χ0n) is 12.6. The molecule has 1 aromatic carbocycles. The summed E-state index contributed by atoms with van der Waals surface area (Å²) in [6.45, 7) is 2.04. The number of hydrogen-bond acceptors (Lipinski definition) is 4. The molecule has 3 aromatic rings. The lowest BCUT2D eigenvalue weighted by molar-refractivity contribution is -0.117. The molecule has 24 heavy (non-hydrogen) atoms. The Morgan fingerprint density at radius 2 is 2.33 bits per heavy atom. The third-order valence-electron chi connectivity index (χ3n) is 3.93. The first kappa shape index (κ1) is 16.4. The molecule has 1 saturated carbocycles. The minimum atomic E-state index is -0.998. The number of anilines is 1. The van der Waals surface area contributed by atoms with Gasteiger partial charge >= 0.3 is 0 Å². The van der Waals surface area contributed by atoms with Crippen LogP contribution in [0.2, 0.25) is 0 Å². The van der Waals surface area contributed by atoms with Crippen molar-refractivity contribution in [1.29, 1.82) is 0 Å². The van der Waals surface area contributed by atoms with E-state index in [9.17, 15) is 9.18 Å². The van der Waals surface area contributed by atoms with E-state index in [1.165, 1.54) is 11.3 Å². The van der Waals surface area contributed by atoms with Gasteiger partial charge in [-0.25, -0.2) is 13.8 Å². The minimum Gasteiger partial charge on any atom is -0.302 e. The summed E-state index contributed by atoms with van der Waals surface area (Å²) in [5.74, 6) is -0.785. The van der Waals surface area contributed by atoms with Gasteiger partial charge in [0.05, 0.1) is 28.2 Å². The number of aromatic nitrogens is 3. The molecule has 3 atom stereocenters. The highest BCUT2D eigenvalue weighted by Gasteiger charge is 2.43. The summed E-state index contributed by atoms with van der Waals surface area (Å²) in [7, 11) is 0. The van der Waals surface area contributed by atoms with Gasteiger partial charge in [0.15, 0.2) is 5.13 Å². The third kappa shape index (κ3) is 3.07. The highest BCUT2D eigenvalue weighted by atomic mass is 127. The van der Waals surface area contributed by atoms with E-state index >= 15 is 0 Å². The van der Waals surface area contributed by atoms with Crippen molar-refractivity contribution in [1.82, 2.24) is 14.5 Å². The van der Waals surface area contributed by atoms with Crippen molar-refractivity contribution in [2.45, 2.75) is 19.5 Å². The lowest BCUT2D eigenvalue weighted by Gasteiger charge is -1.98. The molecule has 2 heterocycles. The summed E-state index contributed by atoms with van der Waals surface area (Å²) in [6, 6.07) is 5.95. The molecule has 0 spiro atoms. The van der Waals surface area contributed by atoms with Crippen molar-refractivity contribution < 1.29 is 9.18 Å². The quantitative estimate of drug-likeness (QED) is 0.446. The predicted octanol–water partition coefficient (Wildman–Crippen LogP) is 4.56. The first-order valence-electron chi connectivity index (χ1n) is 7.34. The Morgan fingerprint density at radius 3 is 3.00 bits per heavy atom. The second-order valence-corrected chi connectivity index (χ2v) is 8.84. The van der Waals surface area contributed by atoms with E-state index in [2.05, 4.69) is 37.4 Å². The molecule has 9 heteroatoms. The number of aryl methyl sites for hydroxylation is 1. The highest BCUT2D eigenvalue weighted by molar-refractivity contribution is 14.2. The van der Waals surface area contributed by atoms with Crippen LogP contribution in [0.3, 0.4) is 0 Å². The molecule has 0 saturated heterocycles. The largest absolute Gasteiger partial charge is 0.302 e. The summed E-state index contributed by atoms with van der Waals surface area (Å²) in [6.07, 6.45) is 1.92. The summed E-state index contributed by atoms with van der Waals surface area (Å²) < 4.78 is 15.9. The lowest BCUT2D eigenvalue weighted by atomic mass is 10.1. The number of alkyl halides is 1. The van der Waals surface area contributed by atoms with Gasteiger partial charge in [-0.15, -0.1) is 0 Å². The van der Waals surface area contributed by atoms with Crippen LogP contribution in [0.1, 0.15) is 12.0 Å². The number of carbonyl (C=O) groups is 1. The fourth-order valence-electron chi connectivity index (χ4n) is 2.55. The molecule has 1 unspecified atom stereocenters. The summed E-state index contributed by atoms with van der Waals surface area (Å²) >= 11 is 3.70. The molecule has 1 amide bonds. The fraction of sp³-hybridized carbons (Fsp3) is 0.267. The second-order valence-electron chi connectivity index (χ2n) is 5.74. The fourth-order valence-corrected chi connectivity index (χ4v) is 4.58. The van der Waals surface area contributed by atoms with Crippen LogP contribution >= 0.6 is 39.8 Å². The molecular formula is C15H13FIN4OPS. The van der Waals surface area contributed by atoms with Gasteiger partial charge < -0.3 is 5.32 Å². The highest BCUT2D eigenvalue weighted by Crippen LogP contribution is 2.36. The molecule has 2 aromatic heterocycles. The zero-order valence-corrected chi connectivity index (χ0v) is 16.6. The van der Waals surface area contributed by atoms with Crippen molar-refractivity contribution in [3.05, 3.63) is 30.0 Å². The number of rotatable bonds is 4. The molecular weight excluding hydrogens is 461 g/mol. The third-order valence-corrected chi connectivity index (χ3v) is 6.74. The maximum Gasteiger partial charge on any atom is 0.232 e. The molecule has 0 aliphatic heterocycles. The van der Waals surface area contributed by atoms with Crippen LogP contribution in [0.5, 0.6) is 0 Å². The maximum absolute atomic E-state index is 13.0. The molecule has 1 N–H and O–H groups in total. The number of benzene rings is 1. The van der Waals surface area contributed by atoms with Gasteiger partial charge in [-0.1, -0.05) is 17.4 Å². The van der Waals surface area contributed by atoms with Crippen LogP contribution in [-0.2, 0) is 4.79 Å². The summed E-state index contributed by atoms with van der Waals surface area (Å²) in [5, 5.41) is 7.83. The Hall–Kier alpha value is -1.12. The Balaban J connectivity index is 1.63. The maximum atomic E-state index is 13.0. The Kier molecular flexibility index (Phi) is 4.30. The van der Waals surface area contributed by atoms with E-state index in [1.807, 2.05) is 35.8 Å². The van der Waals surface area contributed by atoms with Gasteiger partial charge in [-0.05, 0) is 53.1 Å². The van der Waals surface area contributed by atoms with Crippen LogP contribution in [0.25, 0.3) is 21.5 Å². The van der Waals surface area contributed by atoms with Crippen molar-refractivity contribution in [3.8, 4) is 11.3 Å². The molecule has 1 aliphatic carbocycles. The number of fused-ring (bicyclic) bond motifs is 1. The van der Waals surface area contributed by atoms with Crippen LogP contribution in [0, 0.1) is 12.8 Å². The number of nitrogens with zero attached hydrogens (tertiary/aromatic N) is 3. The van der Waals surface area contributed by atoms with Crippen molar-refractivity contribution in [2.75, 3.05) is 5.32 Å². The standard InChI is InChI=1S/C15H13FIN4OPS/c1-7-6-21(23-17)20-13(7)8-2-3-11-12(4-8)24-15(18-11)19-14(22)9-5-10(9)16/h2-4,6,9-10,23H,5H2,1H3,(H,18,19,22)/t9-,10+/m1/s1. The molecule has 1 aliphatic rings. The molecule has 5 nitrogen and oxygen atoms in total. The minimum absolute atomic E-state index is 0.278. The normalized spacial score (nSPS) is 20.1. The van der Waals surface area contributed by atoms with Gasteiger partial charge in [-0.2, -0.15) is 5.10 Å². The lowest BCUT2D eigenvalue weighted by Crippen LogP contribution is -2.14. The number of carbonyl (C=O) groups excluding carboxylic acids is 1. The van der Waals surface area contributed by atoms with Gasteiger partial charge in [0.2, 0.25) is 5.91 Å². The van der Waals surface area contributed by atoms with Gasteiger partial charge in [-0.3, -0.25) is 4.79 Å². The Morgan fingerprint density at radius 1 is 1.54 bits per heavy atom. The summed E-state index contributed by atoms with van der Waals surface area (Å²) in [4.78, 5) is 16.2. The number of nitrogens with one attached hydrogen (secondary N) is 1. The van der Waals surface area contributed by atoms with Crippen LogP contribution in [-0.4, -0.2) is 26.6 Å². The monoisotopic (exact) mass is 474 g/mol. The molecule has 0 bridgehead atoms. The number of hydrogen-bond donors (Lipinski definition) is 1. The Labute approximate surface area is 156 Å². The first-order valence-corrected chi connectivity index (χ1v) is 12.2. The number of halogens is 2. The van der Waals surface area contributed by atoms with Gasteiger partial charge in [0.25, 0.3) is 0 Å². The van der Waals surface area contributed by atoms with E-state index < -0.39 is 12.1 Å². The van der Waals surface area contributed by atoms with E-state index in [4.69, 9.17) is 0 Å². The van der Waals surface area contributed by atoms with E-state index in [0.717, 1.165) is 27.0 Å². The van der Waals surface area contributed by atoms with Gasteiger partial charge in [0.1, 0.15) is 6.17 Å².